The molecule has 0 spiro atoms. The summed E-state index contributed by atoms with van der Waals surface area (Å²) in [6.45, 7) is 2.00. The molecule has 2 N–H and O–H groups in total. The van der Waals surface area contributed by atoms with Gasteiger partial charge < -0.3 is 10.4 Å². The minimum absolute atomic E-state index is 0.157. The van der Waals surface area contributed by atoms with Crippen LogP contribution in [0.1, 0.15) is 42.1 Å². The molecule has 1 aromatic carbocycles. The van der Waals surface area contributed by atoms with Gasteiger partial charge in [0.15, 0.2) is 0 Å². The van der Waals surface area contributed by atoms with Crippen LogP contribution in [0, 0.1) is 5.92 Å². The molecule has 1 saturated carbocycles. The minimum atomic E-state index is -0.813. The van der Waals surface area contributed by atoms with Crippen LogP contribution in [0.5, 0.6) is 0 Å². The Morgan fingerprint density at radius 1 is 1.32 bits per heavy atom. The molecule has 2 atom stereocenters. The fourth-order valence-corrected chi connectivity index (χ4v) is 2.72. The zero-order valence-corrected chi connectivity index (χ0v) is 11.1. The Morgan fingerprint density at radius 2 is 2.05 bits per heavy atom. The van der Waals surface area contributed by atoms with Crippen LogP contribution in [0.15, 0.2) is 24.3 Å². The Kier molecular flexibility index (Phi) is 4.20. The van der Waals surface area contributed by atoms with Crippen molar-refractivity contribution in [3.8, 4) is 0 Å². The van der Waals surface area contributed by atoms with Crippen molar-refractivity contribution in [3.63, 3.8) is 0 Å². The average molecular weight is 261 g/mol. The second kappa shape index (κ2) is 5.87. The first-order valence-electron chi connectivity index (χ1n) is 6.75. The molecule has 1 aliphatic carbocycles. The Morgan fingerprint density at radius 3 is 2.74 bits per heavy atom. The number of aryl methyl sites for hydroxylation is 1. The van der Waals surface area contributed by atoms with Crippen LogP contribution in [0.4, 0.5) is 0 Å². The van der Waals surface area contributed by atoms with Gasteiger partial charge in [0.2, 0.25) is 0 Å². The predicted octanol–water partition coefficient (Wildman–Crippen LogP) is 2.23. The van der Waals surface area contributed by atoms with E-state index in [2.05, 4.69) is 5.32 Å². The first-order chi connectivity index (χ1) is 9.13. The molecule has 102 valence electrons. The molecule has 0 radical (unpaired) electrons. The van der Waals surface area contributed by atoms with Gasteiger partial charge in [-0.25, -0.2) is 0 Å². The van der Waals surface area contributed by atoms with Crippen LogP contribution < -0.4 is 5.32 Å². The molecule has 1 fully saturated rings. The molecule has 1 aromatic rings. The van der Waals surface area contributed by atoms with Gasteiger partial charge in [-0.2, -0.15) is 0 Å². The molecule has 0 heterocycles. The molecule has 0 saturated heterocycles. The summed E-state index contributed by atoms with van der Waals surface area (Å²) < 4.78 is 0. The number of carboxylic acids is 1. The first kappa shape index (κ1) is 13.6. The van der Waals surface area contributed by atoms with Gasteiger partial charge in [0.25, 0.3) is 5.91 Å². The summed E-state index contributed by atoms with van der Waals surface area (Å²) >= 11 is 0. The lowest BCUT2D eigenvalue weighted by Crippen LogP contribution is -2.40. The molecule has 1 amide bonds. The van der Waals surface area contributed by atoms with E-state index >= 15 is 0 Å². The number of carbonyl (C=O) groups excluding carboxylic acids is 1. The van der Waals surface area contributed by atoms with Crippen molar-refractivity contribution in [3.05, 3.63) is 35.4 Å². The largest absolute Gasteiger partial charge is 0.481 e. The van der Waals surface area contributed by atoms with Crippen molar-refractivity contribution in [2.24, 2.45) is 5.92 Å². The molecule has 0 aliphatic heterocycles. The maximum atomic E-state index is 12.2. The highest BCUT2D eigenvalue weighted by molar-refractivity contribution is 5.96. The van der Waals surface area contributed by atoms with E-state index in [9.17, 15) is 9.59 Å². The van der Waals surface area contributed by atoms with E-state index in [1.807, 2.05) is 25.1 Å². The van der Waals surface area contributed by atoms with Crippen molar-refractivity contribution in [1.29, 1.82) is 0 Å². The van der Waals surface area contributed by atoms with Crippen LogP contribution in [0.3, 0.4) is 0 Å². The van der Waals surface area contributed by atoms with E-state index in [0.717, 1.165) is 24.8 Å². The summed E-state index contributed by atoms with van der Waals surface area (Å²) in [6, 6.07) is 7.22. The number of nitrogens with one attached hydrogen (secondary N) is 1. The van der Waals surface area contributed by atoms with E-state index in [1.165, 1.54) is 0 Å². The third kappa shape index (κ3) is 2.95. The summed E-state index contributed by atoms with van der Waals surface area (Å²) in [5, 5.41) is 12.0. The fraction of sp³-hybridized carbons (Fsp3) is 0.467. The highest BCUT2D eigenvalue weighted by Gasteiger charge is 2.34. The summed E-state index contributed by atoms with van der Waals surface area (Å²) in [6.07, 6.45) is 3.04. The van der Waals surface area contributed by atoms with Gasteiger partial charge in [-0.3, -0.25) is 9.59 Å². The molecule has 0 unspecified atom stereocenters. The lowest BCUT2D eigenvalue weighted by Gasteiger charge is -2.18. The maximum Gasteiger partial charge on any atom is 0.308 e. The van der Waals surface area contributed by atoms with Gasteiger partial charge in [0, 0.05) is 11.6 Å². The van der Waals surface area contributed by atoms with Crippen molar-refractivity contribution in [1.82, 2.24) is 5.32 Å². The van der Waals surface area contributed by atoms with Gasteiger partial charge in [0.1, 0.15) is 0 Å². The van der Waals surface area contributed by atoms with E-state index in [-0.39, 0.29) is 11.9 Å². The summed E-state index contributed by atoms with van der Waals surface area (Å²) in [5.74, 6) is -1.42. The van der Waals surface area contributed by atoms with Gasteiger partial charge in [-0.05, 0) is 30.9 Å². The SMILES string of the molecule is CCc1ccccc1C(=O)N[C@@H]1CCC[C@@H]1C(=O)O. The maximum absolute atomic E-state index is 12.2. The number of rotatable bonds is 4. The Labute approximate surface area is 112 Å². The number of hydrogen-bond donors (Lipinski definition) is 2. The summed E-state index contributed by atoms with van der Waals surface area (Å²) in [5.41, 5.74) is 1.64. The quantitative estimate of drug-likeness (QED) is 0.873. The topological polar surface area (TPSA) is 66.4 Å². The number of carboxylic acid groups (broad SMARTS) is 1. The fourth-order valence-electron chi connectivity index (χ4n) is 2.72. The second-order valence-corrected chi connectivity index (χ2v) is 4.97. The number of hydrogen-bond acceptors (Lipinski definition) is 2. The Bertz CT molecular complexity index is 484. The average Bonchev–Trinajstić information content (AvgIpc) is 2.87. The van der Waals surface area contributed by atoms with Crippen molar-refractivity contribution in [2.45, 2.75) is 38.6 Å². The number of benzene rings is 1. The van der Waals surface area contributed by atoms with Crippen molar-refractivity contribution in [2.75, 3.05) is 0 Å². The molecule has 4 nitrogen and oxygen atoms in total. The summed E-state index contributed by atoms with van der Waals surface area (Å²) in [4.78, 5) is 23.3. The monoisotopic (exact) mass is 261 g/mol. The van der Waals surface area contributed by atoms with Crippen LogP contribution >= 0.6 is 0 Å². The highest BCUT2D eigenvalue weighted by atomic mass is 16.4. The van der Waals surface area contributed by atoms with Crippen LogP contribution in [0.25, 0.3) is 0 Å². The standard InChI is InChI=1S/C15H19NO3/c1-2-10-6-3-4-7-11(10)14(17)16-13-9-5-8-12(13)15(18)19/h3-4,6-7,12-13H,2,5,8-9H2,1H3,(H,16,17)(H,18,19)/t12-,13+/m0/s1. The Hall–Kier alpha value is -1.84. The summed E-state index contributed by atoms with van der Waals surface area (Å²) in [7, 11) is 0. The third-order valence-corrected chi connectivity index (χ3v) is 3.79. The Balaban J connectivity index is 2.10. The molecular weight excluding hydrogens is 242 g/mol. The first-order valence-corrected chi connectivity index (χ1v) is 6.75. The van der Waals surface area contributed by atoms with Crippen LogP contribution in [-0.2, 0) is 11.2 Å². The molecule has 0 aromatic heterocycles. The van der Waals surface area contributed by atoms with E-state index in [4.69, 9.17) is 5.11 Å². The molecule has 0 bridgehead atoms. The minimum Gasteiger partial charge on any atom is -0.481 e. The van der Waals surface area contributed by atoms with Crippen molar-refractivity contribution < 1.29 is 14.7 Å². The smallest absolute Gasteiger partial charge is 0.308 e. The molecule has 4 heteroatoms. The zero-order valence-electron chi connectivity index (χ0n) is 11.1. The van der Waals surface area contributed by atoms with E-state index in [1.54, 1.807) is 6.07 Å². The van der Waals surface area contributed by atoms with E-state index in [0.29, 0.717) is 12.0 Å². The predicted molar refractivity (Wildman–Crippen MR) is 72.1 cm³/mol. The van der Waals surface area contributed by atoms with Gasteiger partial charge in [-0.15, -0.1) is 0 Å². The van der Waals surface area contributed by atoms with Crippen molar-refractivity contribution >= 4 is 11.9 Å². The van der Waals surface area contributed by atoms with Crippen LogP contribution in [0.2, 0.25) is 0 Å². The normalized spacial score (nSPS) is 22.2. The lowest BCUT2D eigenvalue weighted by molar-refractivity contribution is -0.142. The van der Waals surface area contributed by atoms with Gasteiger partial charge in [-0.1, -0.05) is 31.5 Å². The van der Waals surface area contributed by atoms with Gasteiger partial charge >= 0.3 is 5.97 Å². The third-order valence-electron chi connectivity index (χ3n) is 3.79. The second-order valence-electron chi connectivity index (χ2n) is 4.97. The van der Waals surface area contributed by atoms with E-state index < -0.39 is 11.9 Å². The zero-order chi connectivity index (χ0) is 13.8. The number of carbonyl (C=O) groups is 2. The number of aliphatic carboxylic acids is 1. The number of amides is 1. The lowest BCUT2D eigenvalue weighted by atomic mass is 10.0. The highest BCUT2D eigenvalue weighted by Crippen LogP contribution is 2.26. The van der Waals surface area contributed by atoms with Crippen LogP contribution in [-0.4, -0.2) is 23.0 Å². The molecule has 1 aliphatic rings. The van der Waals surface area contributed by atoms with Gasteiger partial charge in [0.05, 0.1) is 5.92 Å². The molecular formula is C15H19NO3. The molecule has 19 heavy (non-hydrogen) atoms. The molecule has 2 rings (SSSR count).